The largest absolute Gasteiger partial charge is 0.368 e. The second-order valence-electron chi connectivity index (χ2n) is 6.25. The van der Waals surface area contributed by atoms with Crippen LogP contribution in [0.1, 0.15) is 51.4 Å². The lowest BCUT2D eigenvalue weighted by atomic mass is 9.94. The first-order valence-corrected chi connectivity index (χ1v) is 8.45. The molecule has 0 radical (unpaired) electrons. The molecule has 1 unspecified atom stereocenters. The highest BCUT2D eigenvalue weighted by Gasteiger charge is 2.52. The summed E-state index contributed by atoms with van der Waals surface area (Å²) in [5, 5.41) is 4.36. The van der Waals surface area contributed by atoms with Crippen molar-refractivity contribution in [3.63, 3.8) is 0 Å². The van der Waals surface area contributed by atoms with Gasteiger partial charge < -0.3 is 5.73 Å². The van der Waals surface area contributed by atoms with Gasteiger partial charge in [0, 0.05) is 17.0 Å². The molecule has 0 aromatic carbocycles. The molecule has 3 nitrogen and oxygen atoms in total. The van der Waals surface area contributed by atoms with Gasteiger partial charge in [-0.15, -0.1) is 0 Å². The van der Waals surface area contributed by atoms with Crippen molar-refractivity contribution in [2.45, 2.75) is 68.2 Å². The molecule has 1 amide bonds. The van der Waals surface area contributed by atoms with Gasteiger partial charge in [-0.2, -0.15) is 11.8 Å². The first-order valence-electron chi connectivity index (χ1n) is 7.40. The van der Waals surface area contributed by atoms with E-state index < -0.39 is 5.54 Å². The zero-order valence-electron chi connectivity index (χ0n) is 11.0. The molecule has 4 heteroatoms. The van der Waals surface area contributed by atoms with Gasteiger partial charge in [0.2, 0.25) is 5.91 Å². The summed E-state index contributed by atoms with van der Waals surface area (Å²) < 4.78 is 0. The third kappa shape index (κ3) is 2.69. The van der Waals surface area contributed by atoms with E-state index in [2.05, 4.69) is 5.32 Å². The Morgan fingerprint density at radius 1 is 1.17 bits per heavy atom. The molecule has 0 bridgehead atoms. The zero-order valence-corrected chi connectivity index (χ0v) is 11.8. The Kier molecular flexibility index (Phi) is 3.59. The Morgan fingerprint density at radius 2 is 1.83 bits per heavy atom. The van der Waals surface area contributed by atoms with Gasteiger partial charge in [-0.1, -0.05) is 12.8 Å². The van der Waals surface area contributed by atoms with Crippen molar-refractivity contribution in [3.05, 3.63) is 0 Å². The Morgan fingerprint density at radius 3 is 2.33 bits per heavy atom. The molecule has 0 aromatic rings. The highest BCUT2D eigenvalue weighted by molar-refractivity contribution is 8.00. The van der Waals surface area contributed by atoms with E-state index in [1.165, 1.54) is 51.4 Å². The maximum absolute atomic E-state index is 12.0. The van der Waals surface area contributed by atoms with Crippen LogP contribution in [0.5, 0.6) is 0 Å². The summed E-state index contributed by atoms with van der Waals surface area (Å²) in [4.78, 5) is 12.0. The van der Waals surface area contributed by atoms with Crippen LogP contribution in [0.4, 0.5) is 0 Å². The lowest BCUT2D eigenvalue weighted by Gasteiger charge is -2.33. The van der Waals surface area contributed by atoms with Gasteiger partial charge in [0.15, 0.2) is 0 Å². The van der Waals surface area contributed by atoms with Crippen LogP contribution in [0.2, 0.25) is 0 Å². The zero-order chi connectivity index (χ0) is 12.6. The predicted octanol–water partition coefficient (Wildman–Crippen LogP) is 2.05. The molecule has 3 fully saturated rings. The van der Waals surface area contributed by atoms with E-state index in [1.54, 1.807) is 0 Å². The van der Waals surface area contributed by atoms with Crippen molar-refractivity contribution in [2.24, 2.45) is 11.7 Å². The second kappa shape index (κ2) is 5.04. The molecule has 0 heterocycles. The Bertz CT molecular complexity index is 322. The van der Waals surface area contributed by atoms with Crippen LogP contribution in [0.3, 0.4) is 0 Å². The van der Waals surface area contributed by atoms with Crippen molar-refractivity contribution in [3.8, 4) is 0 Å². The molecule has 1 atom stereocenters. The van der Waals surface area contributed by atoms with Gasteiger partial charge in [-0.05, 0) is 44.4 Å². The van der Waals surface area contributed by atoms with Crippen molar-refractivity contribution in [1.29, 1.82) is 0 Å². The molecular weight excluding hydrogens is 244 g/mol. The minimum atomic E-state index is -0.394. The maximum atomic E-state index is 12.0. The van der Waals surface area contributed by atoms with Crippen LogP contribution in [-0.4, -0.2) is 28.5 Å². The molecule has 3 aliphatic rings. The normalized spacial score (nSPS) is 28.2. The molecule has 3 rings (SSSR count). The van der Waals surface area contributed by atoms with Gasteiger partial charge in [-0.3, -0.25) is 10.1 Å². The smallest absolute Gasteiger partial charge is 0.238 e. The number of hydrogen-bond acceptors (Lipinski definition) is 3. The molecule has 0 spiro atoms. The predicted molar refractivity (Wildman–Crippen MR) is 75.5 cm³/mol. The van der Waals surface area contributed by atoms with E-state index in [0.29, 0.717) is 12.0 Å². The maximum Gasteiger partial charge on any atom is 0.238 e. The number of carbonyl (C=O) groups excluding carboxylic acids is 1. The lowest BCUT2D eigenvalue weighted by molar-refractivity contribution is -0.124. The fourth-order valence-electron chi connectivity index (χ4n) is 3.09. The number of thioether (sulfide) groups is 1. The molecule has 0 aliphatic heterocycles. The monoisotopic (exact) mass is 268 g/mol. The molecule has 18 heavy (non-hydrogen) atoms. The van der Waals surface area contributed by atoms with E-state index in [1.807, 2.05) is 11.8 Å². The number of carbonyl (C=O) groups is 1. The van der Waals surface area contributed by atoms with Gasteiger partial charge >= 0.3 is 0 Å². The third-order valence-corrected chi connectivity index (χ3v) is 6.17. The molecule has 0 saturated heterocycles. The van der Waals surface area contributed by atoms with Crippen LogP contribution in [0.15, 0.2) is 0 Å². The summed E-state index contributed by atoms with van der Waals surface area (Å²) in [5.74, 6) is 1.29. The van der Waals surface area contributed by atoms with Crippen molar-refractivity contribution in [2.75, 3.05) is 5.75 Å². The van der Waals surface area contributed by atoms with Crippen LogP contribution in [0, 0.1) is 5.92 Å². The minimum Gasteiger partial charge on any atom is -0.368 e. The minimum absolute atomic E-state index is 0.109. The standard InChI is InChI=1S/C14H24N2OS/c15-13(17)14(10-5-6-10,16-11-7-8-11)9-18-12-3-1-2-4-12/h10-12,16H,1-9H2,(H2,15,17). The van der Waals surface area contributed by atoms with Gasteiger partial charge in [-0.25, -0.2) is 0 Å². The van der Waals surface area contributed by atoms with Crippen LogP contribution in [-0.2, 0) is 4.79 Å². The number of nitrogens with one attached hydrogen (secondary N) is 1. The van der Waals surface area contributed by atoms with E-state index in [-0.39, 0.29) is 5.91 Å². The summed E-state index contributed by atoms with van der Waals surface area (Å²) in [6.45, 7) is 0. The highest BCUT2D eigenvalue weighted by atomic mass is 32.2. The third-order valence-electron chi connectivity index (χ3n) is 4.60. The summed E-state index contributed by atoms with van der Waals surface area (Å²) in [6.07, 6.45) is 10.2. The fraction of sp³-hybridized carbons (Fsp3) is 0.929. The van der Waals surface area contributed by atoms with Gasteiger partial charge in [0.1, 0.15) is 5.54 Å². The SMILES string of the molecule is NC(=O)C(CSC1CCCC1)(NC1CC1)C1CC1. The lowest BCUT2D eigenvalue weighted by Crippen LogP contribution is -2.60. The number of rotatable bonds is 7. The van der Waals surface area contributed by atoms with Gasteiger partial charge in [0.25, 0.3) is 0 Å². The molecule has 3 saturated carbocycles. The number of nitrogens with two attached hydrogens (primary N) is 1. The fourth-order valence-corrected chi connectivity index (χ4v) is 4.72. The summed E-state index contributed by atoms with van der Waals surface area (Å²) >= 11 is 1.99. The first-order chi connectivity index (χ1) is 8.71. The summed E-state index contributed by atoms with van der Waals surface area (Å²) in [6, 6.07) is 0.558. The Balaban J connectivity index is 1.64. The van der Waals surface area contributed by atoms with Crippen molar-refractivity contribution >= 4 is 17.7 Å². The van der Waals surface area contributed by atoms with Gasteiger partial charge in [0.05, 0.1) is 0 Å². The van der Waals surface area contributed by atoms with E-state index in [4.69, 9.17) is 5.73 Å². The average molecular weight is 268 g/mol. The summed E-state index contributed by atoms with van der Waals surface area (Å²) in [7, 11) is 0. The molecule has 0 aromatic heterocycles. The summed E-state index contributed by atoms with van der Waals surface area (Å²) in [5.41, 5.74) is 5.36. The van der Waals surface area contributed by atoms with Crippen molar-refractivity contribution in [1.82, 2.24) is 5.32 Å². The number of hydrogen-bond donors (Lipinski definition) is 2. The Labute approximate surface area is 114 Å². The molecule has 3 aliphatic carbocycles. The van der Waals surface area contributed by atoms with E-state index in [0.717, 1.165) is 11.0 Å². The number of amides is 1. The van der Waals surface area contributed by atoms with Crippen LogP contribution in [0.25, 0.3) is 0 Å². The van der Waals surface area contributed by atoms with E-state index in [9.17, 15) is 4.79 Å². The average Bonchev–Trinajstić information content (AvgIpc) is 3.25. The number of primary amides is 1. The molecular formula is C14H24N2OS. The first kappa shape index (κ1) is 12.8. The second-order valence-corrected chi connectivity index (χ2v) is 7.53. The van der Waals surface area contributed by atoms with Crippen LogP contribution < -0.4 is 11.1 Å². The topological polar surface area (TPSA) is 55.1 Å². The molecule has 3 N–H and O–H groups in total. The highest BCUT2D eigenvalue weighted by Crippen LogP contribution is 2.44. The van der Waals surface area contributed by atoms with E-state index >= 15 is 0 Å². The molecule has 102 valence electrons. The Hall–Kier alpha value is -0.220. The van der Waals surface area contributed by atoms with Crippen molar-refractivity contribution < 1.29 is 4.79 Å². The quantitative estimate of drug-likeness (QED) is 0.743. The van der Waals surface area contributed by atoms with Crippen LogP contribution >= 0.6 is 11.8 Å².